The maximum absolute atomic E-state index is 12.6. The lowest BCUT2D eigenvalue weighted by atomic mass is 9.96. The first-order valence-corrected chi connectivity index (χ1v) is 9.79. The lowest BCUT2D eigenvalue weighted by Gasteiger charge is -2.32. The molecule has 2 aromatic heterocycles. The van der Waals surface area contributed by atoms with Crippen LogP contribution in [0.3, 0.4) is 0 Å². The van der Waals surface area contributed by atoms with Gasteiger partial charge in [-0.1, -0.05) is 13.0 Å². The SMILES string of the molecule is CCC(NC(=O)N1CCC(C(=O)NCc2ccccn2)CC1)c1ccnn1C. The zero-order valence-electron chi connectivity index (χ0n) is 16.5. The molecule has 2 aromatic rings. The van der Waals surface area contributed by atoms with Crippen molar-refractivity contribution in [3.05, 3.63) is 48.0 Å². The second-order valence-corrected chi connectivity index (χ2v) is 7.09. The summed E-state index contributed by atoms with van der Waals surface area (Å²) in [7, 11) is 1.87. The monoisotopic (exact) mass is 384 g/mol. The molecule has 0 radical (unpaired) electrons. The number of carbonyl (C=O) groups is 2. The number of nitrogens with one attached hydrogen (secondary N) is 2. The summed E-state index contributed by atoms with van der Waals surface area (Å²) in [5, 5.41) is 10.2. The van der Waals surface area contributed by atoms with E-state index in [0.717, 1.165) is 17.8 Å². The van der Waals surface area contributed by atoms with Crippen molar-refractivity contribution in [1.82, 2.24) is 30.3 Å². The van der Waals surface area contributed by atoms with Crippen LogP contribution in [0.2, 0.25) is 0 Å². The number of hydrogen-bond acceptors (Lipinski definition) is 4. The molecule has 0 aliphatic carbocycles. The molecule has 3 amide bonds. The first kappa shape index (κ1) is 19.9. The number of likely N-dealkylation sites (tertiary alicyclic amines) is 1. The fourth-order valence-electron chi connectivity index (χ4n) is 3.52. The van der Waals surface area contributed by atoms with Crippen LogP contribution in [0.25, 0.3) is 0 Å². The summed E-state index contributed by atoms with van der Waals surface area (Å²) in [4.78, 5) is 31.0. The average Bonchev–Trinajstić information content (AvgIpc) is 3.16. The second-order valence-electron chi connectivity index (χ2n) is 7.09. The quantitative estimate of drug-likeness (QED) is 0.797. The zero-order valence-corrected chi connectivity index (χ0v) is 16.5. The molecule has 0 aromatic carbocycles. The third kappa shape index (κ3) is 4.88. The van der Waals surface area contributed by atoms with Crippen LogP contribution in [0.1, 0.15) is 43.6 Å². The van der Waals surface area contributed by atoms with Gasteiger partial charge in [-0.05, 0) is 37.5 Å². The maximum Gasteiger partial charge on any atom is 0.317 e. The van der Waals surface area contributed by atoms with Crippen LogP contribution in [-0.4, -0.2) is 44.7 Å². The number of pyridine rings is 1. The lowest BCUT2D eigenvalue weighted by molar-refractivity contribution is -0.126. The molecule has 1 aliphatic rings. The Bertz CT molecular complexity index is 783. The van der Waals surface area contributed by atoms with E-state index in [-0.39, 0.29) is 23.9 Å². The predicted molar refractivity (Wildman–Crippen MR) is 105 cm³/mol. The molecular weight excluding hydrogens is 356 g/mol. The van der Waals surface area contributed by atoms with Crippen molar-refractivity contribution in [3.8, 4) is 0 Å². The van der Waals surface area contributed by atoms with Gasteiger partial charge in [0.05, 0.1) is 24.0 Å². The van der Waals surface area contributed by atoms with Crippen molar-refractivity contribution >= 4 is 11.9 Å². The van der Waals surface area contributed by atoms with E-state index in [4.69, 9.17) is 0 Å². The van der Waals surface area contributed by atoms with Crippen LogP contribution in [0.15, 0.2) is 36.7 Å². The Kier molecular flexibility index (Phi) is 6.62. The molecule has 0 saturated carbocycles. The predicted octanol–water partition coefficient (Wildman–Crippen LogP) is 2.00. The van der Waals surface area contributed by atoms with Gasteiger partial charge in [0.2, 0.25) is 5.91 Å². The van der Waals surface area contributed by atoms with Crippen molar-refractivity contribution in [3.63, 3.8) is 0 Å². The summed E-state index contributed by atoms with van der Waals surface area (Å²) in [6.45, 7) is 3.63. The molecule has 150 valence electrons. The van der Waals surface area contributed by atoms with E-state index in [0.29, 0.717) is 32.5 Å². The minimum absolute atomic E-state index is 0.0343. The van der Waals surface area contributed by atoms with Gasteiger partial charge in [-0.15, -0.1) is 0 Å². The molecule has 1 aliphatic heterocycles. The average molecular weight is 384 g/mol. The van der Waals surface area contributed by atoms with E-state index in [1.807, 2.05) is 38.2 Å². The van der Waals surface area contributed by atoms with Gasteiger partial charge in [0.25, 0.3) is 0 Å². The normalized spacial score (nSPS) is 15.9. The Balaban J connectivity index is 1.45. The van der Waals surface area contributed by atoms with Crippen LogP contribution in [0.4, 0.5) is 4.79 Å². The van der Waals surface area contributed by atoms with E-state index >= 15 is 0 Å². The number of aromatic nitrogens is 3. The van der Waals surface area contributed by atoms with Crippen molar-refractivity contribution in [2.75, 3.05) is 13.1 Å². The molecular formula is C20H28N6O2. The minimum atomic E-state index is -0.0830. The summed E-state index contributed by atoms with van der Waals surface area (Å²) in [6.07, 6.45) is 5.58. The molecule has 2 N–H and O–H groups in total. The van der Waals surface area contributed by atoms with Crippen molar-refractivity contribution in [1.29, 1.82) is 0 Å². The van der Waals surface area contributed by atoms with Crippen LogP contribution < -0.4 is 10.6 Å². The number of carbonyl (C=O) groups excluding carboxylic acids is 2. The topological polar surface area (TPSA) is 92.2 Å². The Labute approximate surface area is 165 Å². The van der Waals surface area contributed by atoms with Crippen molar-refractivity contribution < 1.29 is 9.59 Å². The first-order chi connectivity index (χ1) is 13.6. The highest BCUT2D eigenvalue weighted by Gasteiger charge is 2.28. The molecule has 3 rings (SSSR count). The van der Waals surface area contributed by atoms with Gasteiger partial charge in [-0.2, -0.15) is 5.10 Å². The molecule has 1 unspecified atom stereocenters. The molecule has 1 atom stereocenters. The number of nitrogens with zero attached hydrogens (tertiary/aromatic N) is 4. The molecule has 1 fully saturated rings. The van der Waals surface area contributed by atoms with Gasteiger partial charge >= 0.3 is 6.03 Å². The van der Waals surface area contributed by atoms with Crippen molar-refractivity contribution in [2.24, 2.45) is 13.0 Å². The Morgan fingerprint density at radius 3 is 2.61 bits per heavy atom. The Morgan fingerprint density at radius 1 is 1.21 bits per heavy atom. The minimum Gasteiger partial charge on any atom is -0.350 e. The largest absolute Gasteiger partial charge is 0.350 e. The molecule has 0 bridgehead atoms. The molecule has 0 spiro atoms. The van der Waals surface area contributed by atoms with Crippen LogP contribution in [0.5, 0.6) is 0 Å². The number of aryl methyl sites for hydroxylation is 1. The van der Waals surface area contributed by atoms with Crippen LogP contribution >= 0.6 is 0 Å². The Hall–Kier alpha value is -2.90. The van der Waals surface area contributed by atoms with Gasteiger partial charge in [0.1, 0.15) is 0 Å². The molecule has 3 heterocycles. The molecule has 8 nitrogen and oxygen atoms in total. The van der Waals surface area contributed by atoms with Gasteiger partial charge < -0.3 is 15.5 Å². The molecule has 8 heteroatoms. The summed E-state index contributed by atoms with van der Waals surface area (Å²) >= 11 is 0. The Morgan fingerprint density at radius 2 is 2.00 bits per heavy atom. The second kappa shape index (κ2) is 9.34. The summed E-state index contributed by atoms with van der Waals surface area (Å²) in [5.74, 6) is -0.0289. The fourth-order valence-corrected chi connectivity index (χ4v) is 3.52. The zero-order chi connectivity index (χ0) is 19.9. The van der Waals surface area contributed by atoms with E-state index in [2.05, 4.69) is 20.7 Å². The van der Waals surface area contributed by atoms with E-state index in [9.17, 15) is 9.59 Å². The molecule has 1 saturated heterocycles. The third-order valence-electron chi connectivity index (χ3n) is 5.24. The standard InChI is InChI=1S/C20H28N6O2/c1-3-17(18-7-11-23-25(18)2)24-20(28)26-12-8-15(9-13-26)19(27)22-14-16-6-4-5-10-21-16/h4-7,10-11,15,17H,3,8-9,12-14H2,1-2H3,(H,22,27)(H,24,28). The van der Waals surface area contributed by atoms with Crippen molar-refractivity contribution in [2.45, 2.75) is 38.8 Å². The van der Waals surface area contributed by atoms with E-state index in [1.54, 1.807) is 22.0 Å². The summed E-state index contributed by atoms with van der Waals surface area (Å²) < 4.78 is 1.78. The highest BCUT2D eigenvalue weighted by Crippen LogP contribution is 2.20. The van der Waals surface area contributed by atoms with Gasteiger partial charge in [-0.25, -0.2) is 4.79 Å². The van der Waals surface area contributed by atoms with Crippen LogP contribution in [0, 0.1) is 5.92 Å². The third-order valence-corrected chi connectivity index (χ3v) is 5.24. The smallest absolute Gasteiger partial charge is 0.317 e. The number of rotatable bonds is 6. The highest BCUT2D eigenvalue weighted by molar-refractivity contribution is 5.79. The highest BCUT2D eigenvalue weighted by atomic mass is 16.2. The first-order valence-electron chi connectivity index (χ1n) is 9.79. The number of piperidine rings is 1. The lowest BCUT2D eigenvalue weighted by Crippen LogP contribution is -2.47. The van der Waals surface area contributed by atoms with Gasteiger partial charge in [0, 0.05) is 38.4 Å². The number of hydrogen-bond donors (Lipinski definition) is 2. The van der Waals surface area contributed by atoms with Crippen LogP contribution in [-0.2, 0) is 18.4 Å². The summed E-state index contributed by atoms with van der Waals surface area (Å²) in [5.41, 5.74) is 1.83. The fraction of sp³-hybridized carbons (Fsp3) is 0.500. The number of amides is 3. The number of urea groups is 1. The van der Waals surface area contributed by atoms with Gasteiger partial charge in [-0.3, -0.25) is 14.5 Å². The van der Waals surface area contributed by atoms with E-state index < -0.39 is 0 Å². The molecule has 28 heavy (non-hydrogen) atoms. The van der Waals surface area contributed by atoms with Gasteiger partial charge in [0.15, 0.2) is 0 Å². The summed E-state index contributed by atoms with van der Waals surface area (Å²) in [6, 6.07) is 7.41. The maximum atomic E-state index is 12.6. The van der Waals surface area contributed by atoms with E-state index in [1.165, 1.54) is 0 Å².